The van der Waals surface area contributed by atoms with E-state index in [0.29, 0.717) is 10.8 Å². The molecule has 0 saturated carbocycles. The van der Waals surface area contributed by atoms with Gasteiger partial charge in [0.05, 0.1) is 19.2 Å². The van der Waals surface area contributed by atoms with E-state index >= 15 is 0 Å². The number of thioether (sulfide) groups is 1. The van der Waals surface area contributed by atoms with Crippen LogP contribution in [-0.4, -0.2) is 39.5 Å². The average molecular weight is 355 g/mol. The lowest BCUT2D eigenvalue weighted by molar-refractivity contribution is -0.115. The SMILES string of the molecule is COc1cccc(CC(=O)Nc2cccc(-n3nnnc3SC)c2)c1. The highest BCUT2D eigenvalue weighted by Gasteiger charge is 2.09. The molecule has 0 aliphatic rings. The Labute approximate surface area is 149 Å². The van der Waals surface area contributed by atoms with Crippen molar-refractivity contribution >= 4 is 23.4 Å². The number of anilines is 1. The molecule has 0 bridgehead atoms. The highest BCUT2D eigenvalue weighted by atomic mass is 32.2. The van der Waals surface area contributed by atoms with E-state index in [4.69, 9.17) is 4.74 Å². The van der Waals surface area contributed by atoms with Crippen molar-refractivity contribution in [2.75, 3.05) is 18.7 Å². The Morgan fingerprint density at radius 3 is 2.88 bits per heavy atom. The lowest BCUT2D eigenvalue weighted by Gasteiger charge is -2.09. The Morgan fingerprint density at radius 1 is 1.24 bits per heavy atom. The first-order chi connectivity index (χ1) is 12.2. The van der Waals surface area contributed by atoms with Gasteiger partial charge in [-0.05, 0) is 52.6 Å². The number of nitrogens with one attached hydrogen (secondary N) is 1. The average Bonchev–Trinajstić information content (AvgIpc) is 3.10. The smallest absolute Gasteiger partial charge is 0.228 e. The van der Waals surface area contributed by atoms with Gasteiger partial charge in [0.25, 0.3) is 0 Å². The van der Waals surface area contributed by atoms with Crippen LogP contribution >= 0.6 is 11.8 Å². The summed E-state index contributed by atoms with van der Waals surface area (Å²) in [6.07, 6.45) is 2.17. The first-order valence-electron chi connectivity index (χ1n) is 7.55. The number of nitrogens with zero attached hydrogens (tertiary/aromatic N) is 4. The predicted molar refractivity (Wildman–Crippen MR) is 96.3 cm³/mol. The maximum atomic E-state index is 12.3. The molecule has 8 heteroatoms. The third kappa shape index (κ3) is 4.16. The monoisotopic (exact) mass is 355 g/mol. The molecule has 0 radical (unpaired) electrons. The minimum Gasteiger partial charge on any atom is -0.497 e. The van der Waals surface area contributed by atoms with Crippen LogP contribution in [-0.2, 0) is 11.2 Å². The van der Waals surface area contributed by atoms with Crippen LogP contribution in [0.4, 0.5) is 5.69 Å². The largest absolute Gasteiger partial charge is 0.497 e. The molecule has 3 aromatic rings. The molecule has 0 spiro atoms. The molecule has 0 saturated heterocycles. The van der Waals surface area contributed by atoms with Crippen molar-refractivity contribution in [3.63, 3.8) is 0 Å². The van der Waals surface area contributed by atoms with Crippen molar-refractivity contribution in [1.29, 1.82) is 0 Å². The normalized spacial score (nSPS) is 10.5. The molecule has 0 fully saturated rings. The summed E-state index contributed by atoms with van der Waals surface area (Å²) < 4.78 is 6.81. The molecule has 1 heterocycles. The van der Waals surface area contributed by atoms with Gasteiger partial charge in [-0.2, -0.15) is 4.68 Å². The van der Waals surface area contributed by atoms with Crippen molar-refractivity contribution in [3.8, 4) is 11.4 Å². The van der Waals surface area contributed by atoms with Crippen LogP contribution in [0.2, 0.25) is 0 Å². The number of hydrogen-bond acceptors (Lipinski definition) is 6. The van der Waals surface area contributed by atoms with E-state index in [2.05, 4.69) is 20.8 Å². The number of amides is 1. The van der Waals surface area contributed by atoms with Crippen LogP contribution < -0.4 is 10.1 Å². The first-order valence-corrected chi connectivity index (χ1v) is 8.77. The summed E-state index contributed by atoms with van der Waals surface area (Å²) in [5.41, 5.74) is 2.36. The highest BCUT2D eigenvalue weighted by Crippen LogP contribution is 2.19. The van der Waals surface area contributed by atoms with Crippen molar-refractivity contribution in [3.05, 3.63) is 54.1 Å². The summed E-state index contributed by atoms with van der Waals surface area (Å²) in [4.78, 5) is 12.3. The van der Waals surface area contributed by atoms with E-state index in [1.165, 1.54) is 11.8 Å². The molecular formula is C17H17N5O2S. The van der Waals surface area contributed by atoms with E-state index in [1.807, 2.05) is 54.8 Å². The first kappa shape index (κ1) is 17.0. The van der Waals surface area contributed by atoms with Gasteiger partial charge in [0, 0.05) is 5.69 Å². The van der Waals surface area contributed by atoms with Crippen LogP contribution in [0.1, 0.15) is 5.56 Å². The quantitative estimate of drug-likeness (QED) is 0.685. The number of rotatable bonds is 6. The maximum absolute atomic E-state index is 12.3. The van der Waals surface area contributed by atoms with Gasteiger partial charge >= 0.3 is 0 Å². The Morgan fingerprint density at radius 2 is 2.08 bits per heavy atom. The fourth-order valence-electron chi connectivity index (χ4n) is 2.36. The minimum absolute atomic E-state index is 0.104. The zero-order chi connectivity index (χ0) is 17.6. The third-order valence-corrected chi connectivity index (χ3v) is 4.12. The van der Waals surface area contributed by atoms with Crippen LogP contribution in [0, 0.1) is 0 Å². The van der Waals surface area contributed by atoms with Crippen molar-refractivity contribution in [1.82, 2.24) is 20.2 Å². The standard InChI is InChI=1S/C17H17N5O2S/c1-24-15-8-3-5-12(9-15)10-16(23)18-13-6-4-7-14(11-13)22-17(25-2)19-20-21-22/h3-9,11H,10H2,1-2H3,(H,18,23). The fraction of sp³-hybridized carbons (Fsp3) is 0.176. The second-order valence-electron chi connectivity index (χ2n) is 5.20. The molecule has 3 rings (SSSR count). The molecule has 128 valence electrons. The number of hydrogen-bond donors (Lipinski definition) is 1. The number of aromatic nitrogens is 4. The second kappa shape index (κ2) is 7.80. The van der Waals surface area contributed by atoms with Gasteiger partial charge in [0.15, 0.2) is 0 Å². The topological polar surface area (TPSA) is 81.9 Å². The highest BCUT2D eigenvalue weighted by molar-refractivity contribution is 7.98. The number of carbonyl (C=O) groups excluding carboxylic acids is 1. The van der Waals surface area contributed by atoms with Crippen molar-refractivity contribution in [2.24, 2.45) is 0 Å². The molecule has 0 aliphatic heterocycles. The Balaban J connectivity index is 1.72. The number of benzene rings is 2. The Bertz CT molecular complexity index is 881. The zero-order valence-corrected chi connectivity index (χ0v) is 14.7. The Kier molecular flexibility index (Phi) is 5.30. The molecule has 1 aromatic heterocycles. The molecule has 1 amide bonds. The van der Waals surface area contributed by atoms with Gasteiger partial charge < -0.3 is 10.1 Å². The molecule has 25 heavy (non-hydrogen) atoms. The molecule has 1 N–H and O–H groups in total. The van der Waals surface area contributed by atoms with Crippen molar-refractivity contribution < 1.29 is 9.53 Å². The lowest BCUT2D eigenvalue weighted by atomic mass is 10.1. The van der Waals surface area contributed by atoms with Gasteiger partial charge in [0.1, 0.15) is 5.75 Å². The number of ether oxygens (including phenoxy) is 1. The van der Waals surface area contributed by atoms with E-state index in [0.717, 1.165) is 17.0 Å². The predicted octanol–water partition coefficient (Wildman–Crippen LogP) is 2.57. The second-order valence-corrected chi connectivity index (χ2v) is 5.98. The molecule has 0 aliphatic carbocycles. The zero-order valence-electron chi connectivity index (χ0n) is 13.8. The minimum atomic E-state index is -0.104. The van der Waals surface area contributed by atoms with E-state index < -0.39 is 0 Å². The number of methoxy groups -OCH3 is 1. The summed E-state index contributed by atoms with van der Waals surface area (Å²) in [5, 5.41) is 15.2. The lowest BCUT2D eigenvalue weighted by Crippen LogP contribution is -2.14. The number of carbonyl (C=O) groups is 1. The van der Waals surface area contributed by atoms with Gasteiger partial charge in [0.2, 0.25) is 11.1 Å². The van der Waals surface area contributed by atoms with Crippen LogP contribution in [0.15, 0.2) is 53.7 Å². The number of tetrazole rings is 1. The van der Waals surface area contributed by atoms with Crippen LogP contribution in [0.5, 0.6) is 5.75 Å². The molecular weight excluding hydrogens is 338 g/mol. The van der Waals surface area contributed by atoms with Gasteiger partial charge in [-0.15, -0.1) is 5.10 Å². The van der Waals surface area contributed by atoms with E-state index in [-0.39, 0.29) is 12.3 Å². The summed E-state index contributed by atoms with van der Waals surface area (Å²) in [6.45, 7) is 0. The summed E-state index contributed by atoms with van der Waals surface area (Å²) >= 11 is 1.45. The Hall–Kier alpha value is -2.87. The molecule has 2 aromatic carbocycles. The van der Waals surface area contributed by atoms with Crippen LogP contribution in [0.25, 0.3) is 5.69 Å². The summed E-state index contributed by atoms with van der Waals surface area (Å²) in [5.74, 6) is 0.628. The van der Waals surface area contributed by atoms with Gasteiger partial charge in [-0.3, -0.25) is 4.79 Å². The third-order valence-electron chi connectivity index (χ3n) is 3.50. The van der Waals surface area contributed by atoms with Gasteiger partial charge in [-0.1, -0.05) is 30.0 Å². The van der Waals surface area contributed by atoms with Crippen molar-refractivity contribution in [2.45, 2.75) is 11.6 Å². The summed E-state index contributed by atoms with van der Waals surface area (Å²) in [6, 6.07) is 14.8. The molecule has 0 atom stereocenters. The van der Waals surface area contributed by atoms with E-state index in [1.54, 1.807) is 11.8 Å². The van der Waals surface area contributed by atoms with Crippen LogP contribution in [0.3, 0.4) is 0 Å². The maximum Gasteiger partial charge on any atom is 0.228 e. The van der Waals surface area contributed by atoms with Gasteiger partial charge in [-0.25, -0.2) is 0 Å². The van der Waals surface area contributed by atoms with E-state index in [9.17, 15) is 4.79 Å². The molecule has 0 unspecified atom stereocenters. The fourth-order valence-corrected chi connectivity index (χ4v) is 2.79. The molecule has 7 nitrogen and oxygen atoms in total. The summed E-state index contributed by atoms with van der Waals surface area (Å²) in [7, 11) is 1.60.